The first-order valence-corrected chi connectivity index (χ1v) is 13.0. The minimum Gasteiger partial charge on any atom is -0.343 e. The predicted octanol–water partition coefficient (Wildman–Crippen LogP) is 5.70. The molecule has 2 heterocycles. The van der Waals surface area contributed by atoms with Crippen LogP contribution < -0.4 is 5.73 Å². The molecule has 4 rings (SSSR count). The van der Waals surface area contributed by atoms with Crippen molar-refractivity contribution in [3.63, 3.8) is 0 Å². The molecule has 2 aromatic rings. The van der Waals surface area contributed by atoms with Crippen LogP contribution in [-0.4, -0.2) is 35.4 Å². The molecule has 1 aromatic carbocycles. The first-order valence-electron chi connectivity index (χ1n) is 12.2. The zero-order valence-corrected chi connectivity index (χ0v) is 21.7. The SMILES string of the molecule is CC.Cc1cc(C)c2c(c1)CCc1cc(Br)cnc1C2C1CCN(C(=O)CCCN)CC1. The van der Waals surface area contributed by atoms with Crippen LogP contribution in [0.15, 0.2) is 28.9 Å². The standard InChI is InChI=1S/C25H32BrN3O.C2H6/c1-16-12-17(2)23-19(13-16)5-6-20-14-21(26)15-28-25(20)24(23)18-7-10-29(11-8-18)22(30)4-3-9-27;1-2/h12-15,18,24H,3-11,27H2,1-2H3;1-2H3. The molecule has 2 N–H and O–H groups in total. The number of likely N-dealkylation sites (tertiary alicyclic amines) is 1. The zero-order chi connectivity index (χ0) is 23.3. The van der Waals surface area contributed by atoms with Gasteiger partial charge in [0.05, 0.1) is 5.69 Å². The van der Waals surface area contributed by atoms with Gasteiger partial charge in [-0.3, -0.25) is 9.78 Å². The van der Waals surface area contributed by atoms with Crippen LogP contribution in [0.3, 0.4) is 0 Å². The molecular formula is C27H38BrN3O. The van der Waals surface area contributed by atoms with Gasteiger partial charge in [-0.15, -0.1) is 0 Å². The van der Waals surface area contributed by atoms with E-state index in [4.69, 9.17) is 10.7 Å². The average Bonchev–Trinajstić information content (AvgIpc) is 2.95. The second-order valence-electron chi connectivity index (χ2n) is 8.94. The van der Waals surface area contributed by atoms with Crippen LogP contribution >= 0.6 is 15.9 Å². The van der Waals surface area contributed by atoms with Crippen molar-refractivity contribution >= 4 is 21.8 Å². The fraction of sp³-hybridized carbons (Fsp3) is 0.556. The van der Waals surface area contributed by atoms with Crippen molar-refractivity contribution in [2.24, 2.45) is 11.7 Å². The molecule has 5 heteroatoms. The summed E-state index contributed by atoms with van der Waals surface area (Å²) in [5, 5.41) is 0. The molecule has 1 aromatic heterocycles. The third-order valence-corrected chi connectivity index (χ3v) is 7.25. The second kappa shape index (κ2) is 11.4. The third-order valence-electron chi connectivity index (χ3n) is 6.81. The number of nitrogens with two attached hydrogens (primary N) is 1. The Bertz CT molecular complexity index is 935. The number of hydrogen-bond acceptors (Lipinski definition) is 3. The number of aryl methyl sites for hydroxylation is 4. The Morgan fingerprint density at radius 1 is 1.12 bits per heavy atom. The number of nitrogens with zero attached hydrogens (tertiary/aromatic N) is 2. The quantitative estimate of drug-likeness (QED) is 0.586. The van der Waals surface area contributed by atoms with Crippen LogP contribution in [-0.2, 0) is 17.6 Å². The van der Waals surface area contributed by atoms with Crippen LogP contribution in [0.5, 0.6) is 0 Å². The van der Waals surface area contributed by atoms with Gasteiger partial charge in [-0.05, 0) is 103 Å². The molecule has 0 spiro atoms. The van der Waals surface area contributed by atoms with Crippen molar-refractivity contribution in [3.8, 4) is 0 Å². The van der Waals surface area contributed by atoms with E-state index in [0.29, 0.717) is 24.8 Å². The monoisotopic (exact) mass is 499 g/mol. The van der Waals surface area contributed by atoms with Crippen LogP contribution in [0.2, 0.25) is 0 Å². The Morgan fingerprint density at radius 3 is 2.50 bits per heavy atom. The van der Waals surface area contributed by atoms with E-state index in [0.717, 1.165) is 49.7 Å². The number of amides is 1. The molecule has 1 saturated heterocycles. The lowest BCUT2D eigenvalue weighted by molar-refractivity contribution is -0.132. The molecule has 0 radical (unpaired) electrons. The number of hydrogen-bond donors (Lipinski definition) is 1. The molecule has 4 nitrogen and oxygen atoms in total. The molecule has 1 unspecified atom stereocenters. The maximum Gasteiger partial charge on any atom is 0.222 e. The van der Waals surface area contributed by atoms with Crippen molar-refractivity contribution in [1.29, 1.82) is 0 Å². The number of rotatable bonds is 4. The van der Waals surface area contributed by atoms with Crippen molar-refractivity contribution in [2.45, 2.75) is 72.1 Å². The van der Waals surface area contributed by atoms with Crippen LogP contribution in [0.4, 0.5) is 0 Å². The highest BCUT2D eigenvalue weighted by Crippen LogP contribution is 2.44. The van der Waals surface area contributed by atoms with Gasteiger partial charge in [-0.2, -0.15) is 0 Å². The van der Waals surface area contributed by atoms with Crippen molar-refractivity contribution in [1.82, 2.24) is 9.88 Å². The molecule has 1 aliphatic heterocycles. The average molecular weight is 501 g/mol. The summed E-state index contributed by atoms with van der Waals surface area (Å²) in [6.07, 6.45) is 7.46. The zero-order valence-electron chi connectivity index (χ0n) is 20.1. The molecule has 1 aliphatic carbocycles. The summed E-state index contributed by atoms with van der Waals surface area (Å²) in [4.78, 5) is 19.5. The summed E-state index contributed by atoms with van der Waals surface area (Å²) >= 11 is 3.62. The summed E-state index contributed by atoms with van der Waals surface area (Å²) in [6.45, 7) is 10.7. The molecule has 174 valence electrons. The lowest BCUT2D eigenvalue weighted by Crippen LogP contribution is -2.40. The predicted molar refractivity (Wildman–Crippen MR) is 136 cm³/mol. The van der Waals surface area contributed by atoms with Crippen LogP contribution in [0.25, 0.3) is 0 Å². The number of benzene rings is 1. The second-order valence-corrected chi connectivity index (χ2v) is 9.86. The Balaban J connectivity index is 0.00000141. The highest BCUT2D eigenvalue weighted by Gasteiger charge is 2.35. The van der Waals surface area contributed by atoms with Gasteiger partial charge >= 0.3 is 0 Å². The van der Waals surface area contributed by atoms with Crippen molar-refractivity contribution in [2.75, 3.05) is 19.6 Å². The first kappa shape index (κ1) is 24.9. The van der Waals surface area contributed by atoms with Gasteiger partial charge in [0.2, 0.25) is 5.91 Å². The summed E-state index contributed by atoms with van der Waals surface area (Å²) in [7, 11) is 0. The van der Waals surface area contributed by atoms with Crippen LogP contribution in [0.1, 0.15) is 79.0 Å². The Hall–Kier alpha value is -1.72. The Kier molecular flexibility index (Phi) is 8.89. The third kappa shape index (κ3) is 5.43. The fourth-order valence-electron chi connectivity index (χ4n) is 5.45. The van der Waals surface area contributed by atoms with Crippen molar-refractivity contribution < 1.29 is 4.79 Å². The lowest BCUT2D eigenvalue weighted by atomic mass is 9.75. The minimum absolute atomic E-state index is 0.259. The molecule has 1 atom stereocenters. The highest BCUT2D eigenvalue weighted by molar-refractivity contribution is 9.10. The van der Waals surface area contributed by atoms with Gasteiger partial charge < -0.3 is 10.6 Å². The summed E-state index contributed by atoms with van der Waals surface area (Å²) in [5.74, 6) is 1.08. The van der Waals surface area contributed by atoms with E-state index in [1.165, 1.54) is 33.5 Å². The normalized spacial score (nSPS) is 18.2. The van der Waals surface area contributed by atoms with E-state index >= 15 is 0 Å². The number of fused-ring (bicyclic) bond motifs is 2. The van der Waals surface area contributed by atoms with E-state index < -0.39 is 0 Å². The molecular weight excluding hydrogens is 462 g/mol. The first-order chi connectivity index (χ1) is 15.5. The maximum atomic E-state index is 12.5. The van der Waals surface area contributed by atoms with Crippen molar-refractivity contribution in [3.05, 3.63) is 62.4 Å². The highest BCUT2D eigenvalue weighted by atomic mass is 79.9. The number of carbonyl (C=O) groups is 1. The molecule has 1 fully saturated rings. The van der Waals surface area contributed by atoms with Gasteiger partial charge in [0.25, 0.3) is 0 Å². The molecule has 32 heavy (non-hydrogen) atoms. The lowest BCUT2D eigenvalue weighted by Gasteiger charge is -2.37. The van der Waals surface area contributed by atoms with E-state index in [-0.39, 0.29) is 5.91 Å². The molecule has 2 aliphatic rings. The Labute approximate surface area is 202 Å². The van der Waals surface area contributed by atoms with Gasteiger partial charge in [0.1, 0.15) is 0 Å². The van der Waals surface area contributed by atoms with Crippen LogP contribution in [0, 0.1) is 19.8 Å². The topological polar surface area (TPSA) is 59.2 Å². The number of piperidine rings is 1. The molecule has 0 bridgehead atoms. The Morgan fingerprint density at radius 2 is 1.81 bits per heavy atom. The number of carbonyl (C=O) groups excluding carboxylic acids is 1. The van der Waals surface area contributed by atoms with Gasteiger partial charge in [0.15, 0.2) is 0 Å². The molecule has 1 amide bonds. The maximum absolute atomic E-state index is 12.5. The summed E-state index contributed by atoms with van der Waals surface area (Å²) in [5.41, 5.74) is 13.9. The van der Waals surface area contributed by atoms with Gasteiger partial charge in [0, 0.05) is 36.1 Å². The van der Waals surface area contributed by atoms with E-state index in [1.807, 2.05) is 24.9 Å². The van der Waals surface area contributed by atoms with E-state index in [1.54, 1.807) is 0 Å². The number of halogens is 1. The molecule has 0 saturated carbocycles. The fourth-order valence-corrected chi connectivity index (χ4v) is 5.83. The number of aromatic nitrogens is 1. The summed E-state index contributed by atoms with van der Waals surface area (Å²) in [6, 6.07) is 6.96. The summed E-state index contributed by atoms with van der Waals surface area (Å²) < 4.78 is 1.05. The smallest absolute Gasteiger partial charge is 0.222 e. The largest absolute Gasteiger partial charge is 0.343 e. The van der Waals surface area contributed by atoms with E-state index in [9.17, 15) is 4.79 Å². The van der Waals surface area contributed by atoms with Gasteiger partial charge in [-0.25, -0.2) is 0 Å². The number of pyridine rings is 1. The minimum atomic E-state index is 0.259. The van der Waals surface area contributed by atoms with Gasteiger partial charge in [-0.1, -0.05) is 31.5 Å². The van der Waals surface area contributed by atoms with E-state index in [2.05, 4.69) is 48.0 Å².